The van der Waals surface area contributed by atoms with Crippen LogP contribution in [0.4, 0.5) is 0 Å². The number of unbranched alkanes of at least 4 members (excludes halogenated alkanes) is 2. The molecule has 1 amide bonds. The zero-order chi connectivity index (χ0) is 16.8. The monoisotopic (exact) mass is 366 g/mol. The summed E-state index contributed by atoms with van der Waals surface area (Å²) in [6.45, 7) is 2.64. The molecule has 0 aromatic carbocycles. The number of nitrogens with one attached hydrogen (secondary N) is 1. The van der Waals surface area contributed by atoms with E-state index in [0.29, 0.717) is 26.1 Å². The molecule has 0 heterocycles. The van der Waals surface area contributed by atoms with Crippen molar-refractivity contribution in [2.45, 2.75) is 32.6 Å². The van der Waals surface area contributed by atoms with E-state index in [9.17, 15) is 14.4 Å². The Labute approximate surface area is 187 Å². The molecule has 3 N–H and O–H groups in total. The topological polar surface area (TPSA) is 116 Å². The molecule has 0 aromatic rings. The van der Waals surface area contributed by atoms with Crippen LogP contribution >= 0.6 is 0 Å². The summed E-state index contributed by atoms with van der Waals surface area (Å²) in [5.74, 6) is -2.08. The van der Waals surface area contributed by atoms with Gasteiger partial charge in [0.05, 0.1) is 13.2 Å². The number of aliphatic carboxylic acids is 2. The van der Waals surface area contributed by atoms with Crippen LogP contribution in [0.2, 0.25) is 0 Å². The molecule has 0 aliphatic heterocycles. The van der Waals surface area contributed by atoms with Gasteiger partial charge in [0, 0.05) is 26.1 Å². The maximum absolute atomic E-state index is 11.5. The van der Waals surface area contributed by atoms with Crippen LogP contribution in [0.25, 0.3) is 0 Å². The average molecular weight is 366 g/mol. The average Bonchev–Trinajstić information content (AvgIpc) is 2.42. The normalized spacial score (nSPS) is 9.75. The minimum atomic E-state index is -1.07. The van der Waals surface area contributed by atoms with Crippen molar-refractivity contribution in [2.24, 2.45) is 0 Å². The summed E-state index contributed by atoms with van der Waals surface area (Å²) in [6.07, 6.45) is 3.40. The molecule has 0 atom stereocenters. The number of nitrogens with zero attached hydrogens (tertiary/aromatic N) is 1. The van der Waals surface area contributed by atoms with Gasteiger partial charge in [-0.25, -0.2) is 4.79 Å². The van der Waals surface area contributed by atoms with Gasteiger partial charge in [0.2, 0.25) is 5.91 Å². The van der Waals surface area contributed by atoms with Crippen LogP contribution in [0, 0.1) is 0 Å². The first-order valence-electron chi connectivity index (χ1n) is 7.46. The van der Waals surface area contributed by atoms with Gasteiger partial charge in [-0.15, -0.1) is 0 Å². The summed E-state index contributed by atoms with van der Waals surface area (Å²) in [4.78, 5) is 34.2. The fraction of sp³-hybridized carbons (Fsp3) is 0.786. The van der Waals surface area contributed by atoms with Crippen molar-refractivity contribution in [3.05, 3.63) is 0 Å². The second-order valence-electron chi connectivity index (χ2n) is 4.92. The van der Waals surface area contributed by atoms with Crippen molar-refractivity contribution < 1.29 is 29.3 Å². The van der Waals surface area contributed by atoms with Gasteiger partial charge in [-0.1, -0.05) is 19.8 Å². The summed E-state index contributed by atoms with van der Waals surface area (Å²) in [5, 5.41) is 20.0. The van der Waals surface area contributed by atoms with E-state index >= 15 is 0 Å². The van der Waals surface area contributed by atoms with Gasteiger partial charge in [0.15, 0.2) is 0 Å². The zero-order valence-electron chi connectivity index (χ0n) is 13.0. The molecule has 0 bridgehead atoms. The van der Waals surface area contributed by atoms with E-state index < -0.39 is 18.5 Å². The van der Waals surface area contributed by atoms with Crippen molar-refractivity contribution in [3.8, 4) is 0 Å². The molecule has 0 fully saturated rings. The van der Waals surface area contributed by atoms with Crippen LogP contribution in [-0.4, -0.2) is 131 Å². The number of hydrogen-bond acceptors (Lipinski definition) is 5. The molecule has 0 saturated heterocycles. The van der Waals surface area contributed by atoms with E-state index in [4.69, 9.17) is 14.9 Å². The predicted octanol–water partition coefficient (Wildman–Crippen LogP) is -1.13. The Morgan fingerprint density at radius 3 is 2.25 bits per heavy atom. The molecule has 0 aliphatic rings. The molecule has 0 saturated carbocycles. The second kappa shape index (κ2) is 19.7. The van der Waals surface area contributed by atoms with E-state index in [0.717, 1.165) is 19.3 Å². The molecule has 0 aliphatic carbocycles. The predicted molar refractivity (Wildman–Crippen MR) is 94.0 cm³/mol. The molecule has 10 heteroatoms. The summed E-state index contributed by atoms with van der Waals surface area (Å²) < 4.78 is 4.88. The van der Waals surface area contributed by atoms with Crippen molar-refractivity contribution in [1.82, 2.24) is 10.2 Å². The minimum absolute atomic E-state index is 0. The van der Waals surface area contributed by atoms with E-state index in [1.54, 1.807) is 4.90 Å². The molecular formula is C14H28N2Na2O6. The number of rotatable bonds is 14. The van der Waals surface area contributed by atoms with E-state index in [1.165, 1.54) is 0 Å². The maximum atomic E-state index is 11.5. The Bertz CT molecular complexity index is 358. The van der Waals surface area contributed by atoms with Gasteiger partial charge >= 0.3 is 71.1 Å². The number of carbonyl (C=O) groups is 3. The number of ether oxygens (including phenoxy) is 1. The number of carbonyl (C=O) groups excluding carboxylic acids is 1. The van der Waals surface area contributed by atoms with Gasteiger partial charge in [-0.05, 0) is 6.42 Å². The Morgan fingerprint density at radius 2 is 1.71 bits per heavy atom. The molecular weight excluding hydrogens is 338 g/mol. The number of amides is 1. The third kappa shape index (κ3) is 20.4. The van der Waals surface area contributed by atoms with Crippen LogP contribution in [0.5, 0.6) is 0 Å². The standard InChI is InChI=1S/C14H26N2O6.2Na.2H/c1-2-3-4-5-12(17)15-6-7-16(10-13(18)19)8-9-22-11-14(20)21;;;;/h2-11H2,1H3,(H,15,17)(H,18,19)(H,20,21);;;;. The fourth-order valence-electron chi connectivity index (χ4n) is 1.79. The summed E-state index contributed by atoms with van der Waals surface area (Å²) >= 11 is 0. The van der Waals surface area contributed by atoms with Crippen LogP contribution in [0.15, 0.2) is 0 Å². The quantitative estimate of drug-likeness (QED) is 0.263. The molecule has 24 heavy (non-hydrogen) atoms. The summed E-state index contributed by atoms with van der Waals surface area (Å²) in [6, 6.07) is 0. The fourth-order valence-corrected chi connectivity index (χ4v) is 1.79. The molecule has 0 rings (SSSR count). The first-order valence-corrected chi connectivity index (χ1v) is 7.46. The van der Waals surface area contributed by atoms with Gasteiger partial charge in [-0.2, -0.15) is 0 Å². The number of hydrogen-bond donors (Lipinski definition) is 3. The Balaban J connectivity index is -0.00000220. The number of carboxylic acids is 2. The van der Waals surface area contributed by atoms with Gasteiger partial charge in [0.1, 0.15) is 6.61 Å². The molecule has 0 aromatic heterocycles. The number of carboxylic acid groups (broad SMARTS) is 2. The van der Waals surface area contributed by atoms with E-state index in [-0.39, 0.29) is 78.2 Å². The van der Waals surface area contributed by atoms with Gasteiger partial charge < -0.3 is 20.3 Å². The van der Waals surface area contributed by atoms with Crippen LogP contribution in [0.3, 0.4) is 0 Å². The van der Waals surface area contributed by atoms with Crippen LogP contribution in [0.1, 0.15) is 32.6 Å². The SMILES string of the molecule is CCCCCC(=O)NCCN(CCOCC(=O)O)CC(=O)O.[NaH].[NaH]. The first kappa shape index (κ1) is 29.1. The van der Waals surface area contributed by atoms with E-state index in [2.05, 4.69) is 12.2 Å². The summed E-state index contributed by atoms with van der Waals surface area (Å²) in [5.41, 5.74) is 0. The van der Waals surface area contributed by atoms with E-state index in [1.807, 2.05) is 0 Å². The van der Waals surface area contributed by atoms with Gasteiger partial charge in [-0.3, -0.25) is 14.5 Å². The molecule has 132 valence electrons. The Hall–Kier alpha value is 0.330. The summed E-state index contributed by atoms with van der Waals surface area (Å²) in [7, 11) is 0. The van der Waals surface area contributed by atoms with Crippen LogP contribution in [-0.2, 0) is 19.1 Å². The van der Waals surface area contributed by atoms with Crippen molar-refractivity contribution in [2.75, 3.05) is 39.4 Å². The van der Waals surface area contributed by atoms with Crippen LogP contribution < -0.4 is 5.32 Å². The second-order valence-corrected chi connectivity index (χ2v) is 4.92. The van der Waals surface area contributed by atoms with Crippen molar-refractivity contribution in [3.63, 3.8) is 0 Å². The zero-order valence-corrected chi connectivity index (χ0v) is 13.0. The first-order chi connectivity index (χ1) is 10.5. The third-order valence-electron chi connectivity index (χ3n) is 2.89. The third-order valence-corrected chi connectivity index (χ3v) is 2.89. The van der Waals surface area contributed by atoms with Crippen molar-refractivity contribution in [1.29, 1.82) is 0 Å². The molecule has 8 nitrogen and oxygen atoms in total. The Kier molecular flexibility index (Phi) is 23.8. The molecule has 0 unspecified atom stereocenters. The molecule has 0 spiro atoms. The Morgan fingerprint density at radius 1 is 1.04 bits per heavy atom. The van der Waals surface area contributed by atoms with Crippen molar-refractivity contribution >= 4 is 77.0 Å². The van der Waals surface area contributed by atoms with Gasteiger partial charge in [0.25, 0.3) is 0 Å². The molecule has 0 radical (unpaired) electrons.